The molecule has 0 spiro atoms. The molecule has 0 heterocycles. The largest absolute Gasteiger partial charge is 0.493 e. The molecule has 1 N–H and O–H groups in total. The van der Waals surface area contributed by atoms with E-state index in [0.29, 0.717) is 12.6 Å². The van der Waals surface area contributed by atoms with E-state index < -0.39 is 0 Å². The van der Waals surface area contributed by atoms with Gasteiger partial charge in [-0.3, -0.25) is 0 Å². The van der Waals surface area contributed by atoms with Crippen molar-refractivity contribution in [3.8, 4) is 11.5 Å². The van der Waals surface area contributed by atoms with E-state index >= 15 is 0 Å². The summed E-state index contributed by atoms with van der Waals surface area (Å²) in [6.07, 6.45) is 1.19. The van der Waals surface area contributed by atoms with Crippen LogP contribution in [-0.2, 0) is 6.54 Å². The molecule has 0 aliphatic heterocycles. The number of hydrogen-bond acceptors (Lipinski definition) is 3. The average Bonchev–Trinajstić information content (AvgIpc) is 2.37. The van der Waals surface area contributed by atoms with E-state index in [1.165, 1.54) is 12.0 Å². The molecule has 1 aromatic rings. The quantitative estimate of drug-likeness (QED) is 0.778. The van der Waals surface area contributed by atoms with Gasteiger partial charge in [-0.25, -0.2) is 0 Å². The van der Waals surface area contributed by atoms with E-state index in [9.17, 15) is 0 Å². The topological polar surface area (TPSA) is 30.5 Å². The van der Waals surface area contributed by atoms with E-state index in [-0.39, 0.29) is 0 Å². The molecular formula is C16H27NO2. The van der Waals surface area contributed by atoms with Crippen molar-refractivity contribution in [2.45, 2.75) is 46.7 Å². The molecule has 0 radical (unpaired) electrons. The molecule has 0 amide bonds. The average molecular weight is 265 g/mol. The lowest BCUT2D eigenvalue weighted by atomic mass is 10.0. The zero-order chi connectivity index (χ0) is 14.3. The van der Waals surface area contributed by atoms with Crippen LogP contribution in [0.1, 0.15) is 39.7 Å². The van der Waals surface area contributed by atoms with E-state index in [1.54, 1.807) is 7.11 Å². The first-order valence-corrected chi connectivity index (χ1v) is 7.09. The molecule has 0 aliphatic carbocycles. The van der Waals surface area contributed by atoms with Crippen molar-refractivity contribution in [3.05, 3.63) is 23.8 Å². The van der Waals surface area contributed by atoms with E-state index in [4.69, 9.17) is 9.47 Å². The van der Waals surface area contributed by atoms with Gasteiger partial charge in [0, 0.05) is 12.6 Å². The van der Waals surface area contributed by atoms with Crippen molar-refractivity contribution in [1.29, 1.82) is 0 Å². The maximum absolute atomic E-state index is 5.52. The van der Waals surface area contributed by atoms with Gasteiger partial charge in [0.15, 0.2) is 11.5 Å². The molecule has 0 saturated carbocycles. The Bertz CT molecular complexity index is 377. The summed E-state index contributed by atoms with van der Waals surface area (Å²) in [5.74, 6) is 2.33. The number of methoxy groups -OCH3 is 1. The maximum Gasteiger partial charge on any atom is 0.161 e. The van der Waals surface area contributed by atoms with Gasteiger partial charge in [0.25, 0.3) is 0 Å². The number of benzene rings is 1. The highest BCUT2D eigenvalue weighted by Crippen LogP contribution is 2.28. The first-order chi connectivity index (χ1) is 9.06. The van der Waals surface area contributed by atoms with Crippen LogP contribution in [0.3, 0.4) is 0 Å². The Balaban J connectivity index is 2.59. The molecule has 3 nitrogen and oxygen atoms in total. The van der Waals surface area contributed by atoms with Crippen LogP contribution >= 0.6 is 0 Å². The second-order valence-corrected chi connectivity index (χ2v) is 5.33. The number of ether oxygens (including phenoxy) is 2. The Morgan fingerprint density at radius 2 is 1.89 bits per heavy atom. The summed E-state index contributed by atoms with van der Waals surface area (Å²) in [6.45, 7) is 10.2. The molecule has 0 fully saturated rings. The van der Waals surface area contributed by atoms with Gasteiger partial charge < -0.3 is 14.8 Å². The molecule has 108 valence electrons. The molecule has 1 unspecified atom stereocenters. The van der Waals surface area contributed by atoms with Gasteiger partial charge in [0.05, 0.1) is 13.7 Å². The number of rotatable bonds is 8. The monoisotopic (exact) mass is 265 g/mol. The molecule has 0 saturated heterocycles. The normalized spacial score (nSPS) is 12.5. The fourth-order valence-electron chi connectivity index (χ4n) is 2.18. The number of hydrogen-bond donors (Lipinski definition) is 1. The summed E-state index contributed by atoms with van der Waals surface area (Å²) in [7, 11) is 1.68. The first kappa shape index (κ1) is 15.8. The zero-order valence-corrected chi connectivity index (χ0v) is 12.8. The lowest BCUT2D eigenvalue weighted by Crippen LogP contribution is -2.26. The van der Waals surface area contributed by atoms with Crippen LogP contribution < -0.4 is 14.8 Å². The highest BCUT2D eigenvalue weighted by molar-refractivity contribution is 5.42. The summed E-state index contributed by atoms with van der Waals surface area (Å²) < 4.78 is 10.9. The van der Waals surface area contributed by atoms with Crippen LogP contribution in [0.15, 0.2) is 18.2 Å². The van der Waals surface area contributed by atoms with Crippen LogP contribution in [0.5, 0.6) is 11.5 Å². The summed E-state index contributed by atoms with van der Waals surface area (Å²) in [5.41, 5.74) is 1.22. The smallest absolute Gasteiger partial charge is 0.161 e. The second kappa shape index (κ2) is 8.05. The molecule has 0 aliphatic rings. The second-order valence-electron chi connectivity index (χ2n) is 5.33. The van der Waals surface area contributed by atoms with Crippen LogP contribution in [-0.4, -0.2) is 19.8 Å². The van der Waals surface area contributed by atoms with Gasteiger partial charge in [0.2, 0.25) is 0 Å². The van der Waals surface area contributed by atoms with Crippen molar-refractivity contribution in [2.24, 2.45) is 5.92 Å². The van der Waals surface area contributed by atoms with Crippen LogP contribution in [0, 0.1) is 5.92 Å². The molecule has 1 atom stereocenters. The summed E-state index contributed by atoms with van der Waals surface area (Å²) in [5, 5.41) is 3.54. The molecule has 1 rings (SSSR count). The standard InChI is InChI=1S/C16H27NO2/c1-6-19-15-8-7-14(10-16(15)18-5)11-17-13(4)9-12(2)3/h7-8,10,12-13,17H,6,9,11H2,1-5H3. The SMILES string of the molecule is CCOc1ccc(CNC(C)CC(C)C)cc1OC. The molecule has 1 aromatic carbocycles. The van der Waals surface area contributed by atoms with Gasteiger partial charge in [-0.1, -0.05) is 19.9 Å². The van der Waals surface area contributed by atoms with Crippen molar-refractivity contribution in [1.82, 2.24) is 5.32 Å². The lowest BCUT2D eigenvalue weighted by Gasteiger charge is -2.17. The minimum atomic E-state index is 0.526. The number of nitrogens with one attached hydrogen (secondary N) is 1. The first-order valence-electron chi connectivity index (χ1n) is 7.09. The van der Waals surface area contributed by atoms with Crippen molar-refractivity contribution in [2.75, 3.05) is 13.7 Å². The van der Waals surface area contributed by atoms with Gasteiger partial charge >= 0.3 is 0 Å². The third-order valence-electron chi connectivity index (χ3n) is 3.01. The third kappa shape index (κ3) is 5.52. The molecular weight excluding hydrogens is 238 g/mol. The molecule has 3 heteroatoms. The van der Waals surface area contributed by atoms with E-state index in [2.05, 4.69) is 32.2 Å². The van der Waals surface area contributed by atoms with E-state index in [0.717, 1.165) is 24.0 Å². The van der Waals surface area contributed by atoms with Crippen LogP contribution in [0.4, 0.5) is 0 Å². The molecule has 0 aromatic heterocycles. The van der Waals surface area contributed by atoms with Crippen molar-refractivity contribution < 1.29 is 9.47 Å². The van der Waals surface area contributed by atoms with E-state index in [1.807, 2.05) is 19.1 Å². The lowest BCUT2D eigenvalue weighted by molar-refractivity contribution is 0.310. The van der Waals surface area contributed by atoms with Crippen molar-refractivity contribution in [3.63, 3.8) is 0 Å². The Labute approximate surface area is 117 Å². The predicted octanol–water partition coefficient (Wildman–Crippen LogP) is 3.62. The Hall–Kier alpha value is -1.22. The van der Waals surface area contributed by atoms with Crippen LogP contribution in [0.25, 0.3) is 0 Å². The molecule has 19 heavy (non-hydrogen) atoms. The van der Waals surface area contributed by atoms with Gasteiger partial charge in [-0.2, -0.15) is 0 Å². The highest BCUT2D eigenvalue weighted by Gasteiger charge is 2.07. The van der Waals surface area contributed by atoms with Gasteiger partial charge in [-0.05, 0) is 43.9 Å². The van der Waals surface area contributed by atoms with Crippen LogP contribution in [0.2, 0.25) is 0 Å². The third-order valence-corrected chi connectivity index (χ3v) is 3.01. The summed E-state index contributed by atoms with van der Waals surface area (Å²) in [6, 6.07) is 6.63. The zero-order valence-electron chi connectivity index (χ0n) is 12.8. The minimum Gasteiger partial charge on any atom is -0.493 e. The Morgan fingerprint density at radius 3 is 2.47 bits per heavy atom. The van der Waals surface area contributed by atoms with Gasteiger partial charge in [-0.15, -0.1) is 0 Å². The fourth-order valence-corrected chi connectivity index (χ4v) is 2.18. The summed E-state index contributed by atoms with van der Waals surface area (Å²) >= 11 is 0. The predicted molar refractivity (Wildman–Crippen MR) is 79.9 cm³/mol. The Morgan fingerprint density at radius 1 is 1.16 bits per heavy atom. The summed E-state index contributed by atoms with van der Waals surface area (Å²) in [4.78, 5) is 0. The maximum atomic E-state index is 5.52. The fraction of sp³-hybridized carbons (Fsp3) is 0.625. The van der Waals surface area contributed by atoms with Gasteiger partial charge in [0.1, 0.15) is 0 Å². The molecule has 0 bridgehead atoms. The Kier molecular flexibility index (Phi) is 6.71. The minimum absolute atomic E-state index is 0.526. The van der Waals surface area contributed by atoms with Crippen molar-refractivity contribution >= 4 is 0 Å². The highest BCUT2D eigenvalue weighted by atomic mass is 16.5.